The van der Waals surface area contributed by atoms with E-state index in [2.05, 4.69) is 20.3 Å². The molecule has 0 radical (unpaired) electrons. The second kappa shape index (κ2) is 7.35. The van der Waals surface area contributed by atoms with E-state index in [1.54, 1.807) is 24.4 Å². The van der Waals surface area contributed by atoms with Crippen LogP contribution >= 0.6 is 0 Å². The second-order valence-electron chi connectivity index (χ2n) is 7.14. The summed E-state index contributed by atoms with van der Waals surface area (Å²) in [7, 11) is 0. The van der Waals surface area contributed by atoms with E-state index in [1.807, 2.05) is 11.0 Å². The zero-order valence-electron chi connectivity index (χ0n) is 15.5. The number of amides is 2. The Morgan fingerprint density at radius 1 is 1.28 bits per heavy atom. The lowest BCUT2D eigenvalue weighted by atomic mass is 9.81. The van der Waals surface area contributed by atoms with Gasteiger partial charge in [-0.15, -0.1) is 0 Å². The van der Waals surface area contributed by atoms with Crippen LogP contribution in [0, 0.1) is 23.2 Å². The van der Waals surface area contributed by atoms with Crippen molar-refractivity contribution in [3.8, 4) is 6.07 Å². The Labute approximate surface area is 165 Å². The maximum absolute atomic E-state index is 13.0. The Hall–Kier alpha value is -3.74. The summed E-state index contributed by atoms with van der Waals surface area (Å²) in [6.07, 6.45) is 2.68. The molecule has 2 unspecified atom stereocenters. The molecule has 2 amide bonds. The quantitative estimate of drug-likeness (QED) is 0.666. The summed E-state index contributed by atoms with van der Waals surface area (Å²) in [6.45, 7) is 1.02. The van der Waals surface area contributed by atoms with Crippen LogP contribution < -0.4 is 21.5 Å². The lowest BCUT2D eigenvalue weighted by Crippen LogP contribution is -2.42. The van der Waals surface area contributed by atoms with Gasteiger partial charge in [0.15, 0.2) is 0 Å². The van der Waals surface area contributed by atoms with Crippen LogP contribution in [0.2, 0.25) is 0 Å². The average molecular weight is 393 g/mol. The van der Waals surface area contributed by atoms with Gasteiger partial charge in [-0.1, -0.05) is 6.07 Å². The number of hydrogen-bond donors (Lipinski definition) is 3. The molecule has 2 aromatic rings. The normalized spacial score (nSPS) is 21.8. The second-order valence-corrected chi connectivity index (χ2v) is 7.14. The van der Waals surface area contributed by atoms with Crippen LogP contribution in [-0.4, -0.2) is 39.9 Å². The van der Waals surface area contributed by atoms with Gasteiger partial charge in [-0.2, -0.15) is 10.2 Å². The first-order valence-corrected chi connectivity index (χ1v) is 9.29. The molecule has 0 bridgehead atoms. The van der Waals surface area contributed by atoms with Gasteiger partial charge in [-0.3, -0.25) is 24.4 Å². The summed E-state index contributed by atoms with van der Waals surface area (Å²) >= 11 is 0. The minimum atomic E-state index is -1.09. The Balaban J connectivity index is 1.73. The Kier molecular flexibility index (Phi) is 4.72. The maximum Gasteiger partial charge on any atom is 0.258 e. The van der Waals surface area contributed by atoms with Crippen LogP contribution in [0.3, 0.4) is 0 Å². The number of fused-ring (bicyclic) bond motifs is 1. The van der Waals surface area contributed by atoms with Crippen molar-refractivity contribution in [1.29, 1.82) is 5.26 Å². The van der Waals surface area contributed by atoms with E-state index < -0.39 is 23.3 Å². The number of hydrogen-bond acceptors (Lipinski definition) is 7. The van der Waals surface area contributed by atoms with Crippen LogP contribution in [0.4, 0.5) is 11.8 Å². The van der Waals surface area contributed by atoms with E-state index in [4.69, 9.17) is 5.73 Å². The predicted molar refractivity (Wildman–Crippen MR) is 103 cm³/mol. The van der Waals surface area contributed by atoms with Crippen LogP contribution in [0.1, 0.15) is 30.0 Å². The fraction of sp³-hybridized carbons (Fsp3) is 0.368. The van der Waals surface area contributed by atoms with Crippen molar-refractivity contribution in [3.05, 3.63) is 46.0 Å². The number of nitrogens with two attached hydrogens (primary N) is 1. The summed E-state index contributed by atoms with van der Waals surface area (Å²) in [5.41, 5.74) is 5.60. The van der Waals surface area contributed by atoms with Crippen molar-refractivity contribution in [2.45, 2.75) is 18.8 Å². The summed E-state index contributed by atoms with van der Waals surface area (Å²) < 4.78 is 0. The standard InChI is InChI=1S/C19H19N7O3/c20-9-11-13(12-3-1-2-6-22-12)14-16(23-17(11)28)24-19(25-18(14)29)26-7-4-10(5-8-26)15(21)27/h1-3,6,10-11,13H,4-5,7-8H2,(H2,21,27)(H2,23,24,25,28,29). The zero-order chi connectivity index (χ0) is 20.5. The smallest absolute Gasteiger partial charge is 0.258 e. The van der Waals surface area contributed by atoms with Crippen molar-refractivity contribution in [2.75, 3.05) is 23.3 Å². The first kappa shape index (κ1) is 18.6. The fourth-order valence-electron chi connectivity index (χ4n) is 3.90. The number of pyridine rings is 1. The van der Waals surface area contributed by atoms with Crippen molar-refractivity contribution >= 4 is 23.6 Å². The minimum absolute atomic E-state index is 0.132. The lowest BCUT2D eigenvalue weighted by Gasteiger charge is -2.32. The number of anilines is 2. The lowest BCUT2D eigenvalue weighted by molar-refractivity contribution is -0.122. The minimum Gasteiger partial charge on any atom is -0.369 e. The molecule has 4 heterocycles. The van der Waals surface area contributed by atoms with E-state index in [0.717, 1.165) is 0 Å². The summed E-state index contributed by atoms with van der Waals surface area (Å²) in [6, 6.07) is 7.11. The molecule has 2 aliphatic rings. The van der Waals surface area contributed by atoms with Crippen LogP contribution in [0.25, 0.3) is 0 Å². The van der Waals surface area contributed by atoms with E-state index in [1.165, 1.54) is 0 Å². The Morgan fingerprint density at radius 2 is 2.03 bits per heavy atom. The van der Waals surface area contributed by atoms with Crippen LogP contribution in [-0.2, 0) is 9.59 Å². The zero-order valence-corrected chi connectivity index (χ0v) is 15.5. The van der Waals surface area contributed by atoms with Gasteiger partial charge in [0.25, 0.3) is 5.56 Å². The molecule has 0 aliphatic carbocycles. The molecule has 148 valence electrons. The molecule has 4 N–H and O–H groups in total. The summed E-state index contributed by atoms with van der Waals surface area (Å²) in [5.74, 6) is -2.50. The van der Waals surface area contributed by atoms with Gasteiger partial charge in [0, 0.05) is 25.2 Å². The maximum atomic E-state index is 13.0. The van der Waals surface area contributed by atoms with E-state index in [-0.39, 0.29) is 23.2 Å². The largest absolute Gasteiger partial charge is 0.369 e. The molecule has 10 heteroatoms. The SMILES string of the molecule is N#CC1C(=O)Nc2nc(N3CCC(C(N)=O)CC3)[nH]c(=O)c2C1c1ccccn1. The molecule has 29 heavy (non-hydrogen) atoms. The van der Waals surface area contributed by atoms with Gasteiger partial charge >= 0.3 is 0 Å². The van der Waals surface area contributed by atoms with Gasteiger partial charge in [0.1, 0.15) is 11.7 Å². The first-order valence-electron chi connectivity index (χ1n) is 9.29. The fourth-order valence-corrected chi connectivity index (χ4v) is 3.90. The molecule has 4 rings (SSSR count). The summed E-state index contributed by atoms with van der Waals surface area (Å²) in [4.78, 5) is 50.1. The van der Waals surface area contributed by atoms with Crippen molar-refractivity contribution in [2.24, 2.45) is 17.6 Å². The molecule has 10 nitrogen and oxygen atoms in total. The molecule has 0 spiro atoms. The highest BCUT2D eigenvalue weighted by Crippen LogP contribution is 2.37. The number of nitriles is 1. The first-order chi connectivity index (χ1) is 14.0. The van der Waals surface area contributed by atoms with Gasteiger partial charge in [0.2, 0.25) is 17.8 Å². The highest BCUT2D eigenvalue weighted by Gasteiger charge is 2.41. The molecule has 2 atom stereocenters. The monoisotopic (exact) mass is 393 g/mol. The van der Waals surface area contributed by atoms with Crippen molar-refractivity contribution < 1.29 is 9.59 Å². The number of nitrogens with zero attached hydrogens (tertiary/aromatic N) is 4. The molecular formula is C19H19N7O3. The van der Waals surface area contributed by atoms with Gasteiger partial charge in [0.05, 0.1) is 23.2 Å². The molecule has 1 fully saturated rings. The number of piperidine rings is 1. The third-order valence-electron chi connectivity index (χ3n) is 5.45. The summed E-state index contributed by atoms with van der Waals surface area (Å²) in [5, 5.41) is 12.1. The molecule has 2 aliphatic heterocycles. The molecule has 2 aromatic heterocycles. The van der Waals surface area contributed by atoms with Gasteiger partial charge in [-0.05, 0) is 25.0 Å². The molecule has 0 aromatic carbocycles. The highest BCUT2D eigenvalue weighted by molar-refractivity contribution is 5.97. The van der Waals surface area contributed by atoms with Crippen molar-refractivity contribution in [3.63, 3.8) is 0 Å². The van der Waals surface area contributed by atoms with Gasteiger partial charge < -0.3 is 16.0 Å². The Bertz CT molecular complexity index is 1050. The number of carbonyl (C=O) groups excluding carboxylic acids is 2. The number of H-pyrrole nitrogens is 1. The van der Waals surface area contributed by atoms with Crippen molar-refractivity contribution in [1.82, 2.24) is 15.0 Å². The topological polar surface area (TPSA) is 158 Å². The third-order valence-corrected chi connectivity index (χ3v) is 5.45. The number of aromatic nitrogens is 3. The average Bonchev–Trinajstić information content (AvgIpc) is 2.73. The molecular weight excluding hydrogens is 374 g/mol. The van der Waals surface area contributed by atoms with Crippen LogP contribution in [0.15, 0.2) is 29.2 Å². The van der Waals surface area contributed by atoms with Gasteiger partial charge in [-0.25, -0.2) is 0 Å². The Morgan fingerprint density at radius 3 is 2.66 bits per heavy atom. The highest BCUT2D eigenvalue weighted by atomic mass is 16.2. The molecule has 1 saturated heterocycles. The number of aromatic amines is 1. The van der Waals surface area contributed by atoms with E-state index >= 15 is 0 Å². The number of primary amides is 1. The predicted octanol–water partition coefficient (Wildman–Crippen LogP) is 0.0904. The van der Waals surface area contributed by atoms with Crippen LogP contribution in [0.5, 0.6) is 0 Å². The van der Waals surface area contributed by atoms with E-state index in [9.17, 15) is 19.6 Å². The molecule has 0 saturated carbocycles. The number of nitrogens with one attached hydrogen (secondary N) is 2. The third kappa shape index (κ3) is 3.31. The van der Waals surface area contributed by atoms with E-state index in [0.29, 0.717) is 37.6 Å². The number of rotatable bonds is 3. The number of carbonyl (C=O) groups is 2.